The fraction of sp³-hybridized carbons (Fsp3) is 0.100. The van der Waals surface area contributed by atoms with Crippen LogP contribution in [0.4, 0.5) is 0 Å². The van der Waals surface area contributed by atoms with Crippen molar-refractivity contribution in [1.82, 2.24) is 4.98 Å². The summed E-state index contributed by atoms with van der Waals surface area (Å²) in [5, 5.41) is 5.21. The summed E-state index contributed by atoms with van der Waals surface area (Å²) in [7, 11) is 0. The van der Waals surface area contributed by atoms with E-state index in [1.807, 2.05) is 6.07 Å². The standard InChI is InChI=1S/C10H8BrNO2/c1-5(13)10-9(11)8-6(12-10)3-2-4-7(8)14/h2-4,12,14H,1H3/i/hT. The molecule has 0 bridgehead atoms. The van der Waals surface area contributed by atoms with Crippen molar-refractivity contribution in [2.24, 2.45) is 0 Å². The van der Waals surface area contributed by atoms with Crippen LogP contribution in [-0.2, 0) is 0 Å². The highest BCUT2D eigenvalue weighted by atomic mass is 79.9. The highest BCUT2D eigenvalue weighted by Gasteiger charge is 2.14. The van der Waals surface area contributed by atoms with E-state index in [4.69, 9.17) is 1.43 Å². The number of halogens is 1. The van der Waals surface area contributed by atoms with E-state index in [9.17, 15) is 4.79 Å². The van der Waals surface area contributed by atoms with Crippen molar-refractivity contribution in [3.05, 3.63) is 28.4 Å². The number of phenolic OH excluding ortho intramolecular Hbond substituents is 1. The summed E-state index contributed by atoms with van der Waals surface area (Å²) in [6, 6.07) is 5.27. The minimum atomic E-state index is -0.0611. The van der Waals surface area contributed by atoms with Crippen LogP contribution in [0.15, 0.2) is 22.7 Å². The Bertz CT molecular complexity index is 535. The first kappa shape index (κ1) is 8.05. The molecule has 0 atom stereocenters. The van der Waals surface area contributed by atoms with Gasteiger partial charge < -0.3 is 10.1 Å². The summed E-state index contributed by atoms with van der Waals surface area (Å²) in [5.74, 6) is 0.358. The number of rotatable bonds is 2. The first-order valence-electron chi connectivity index (χ1n) is 4.50. The van der Waals surface area contributed by atoms with E-state index >= 15 is 0 Å². The van der Waals surface area contributed by atoms with E-state index in [1.165, 1.54) is 6.92 Å². The predicted molar refractivity (Wildman–Crippen MR) is 57.7 cm³/mol. The average Bonchev–Trinajstić information content (AvgIpc) is 2.56. The molecule has 0 amide bonds. The fourth-order valence-corrected chi connectivity index (χ4v) is 2.21. The van der Waals surface area contributed by atoms with Crippen LogP contribution < -0.4 is 0 Å². The van der Waals surface area contributed by atoms with Crippen LogP contribution in [0, 0.1) is 0 Å². The Kier molecular flexibility index (Phi) is 1.80. The van der Waals surface area contributed by atoms with Gasteiger partial charge in [0.25, 0.3) is 1.43 Å². The van der Waals surface area contributed by atoms with E-state index < -0.39 is 0 Å². The van der Waals surface area contributed by atoms with Crippen molar-refractivity contribution in [2.45, 2.75) is 6.92 Å². The highest BCUT2D eigenvalue weighted by Crippen LogP contribution is 2.34. The summed E-state index contributed by atoms with van der Waals surface area (Å²) < 4.78 is 7.57. The monoisotopic (exact) mass is 255 g/mol. The molecule has 0 aliphatic rings. The molecule has 0 saturated carbocycles. The van der Waals surface area contributed by atoms with Crippen molar-refractivity contribution in [3.63, 3.8) is 0 Å². The second-order valence-corrected chi connectivity index (χ2v) is 3.84. The van der Waals surface area contributed by atoms with Crippen LogP contribution in [0.25, 0.3) is 10.9 Å². The van der Waals surface area contributed by atoms with E-state index in [0.29, 0.717) is 15.9 Å². The normalized spacial score (nSPS) is 11.4. The van der Waals surface area contributed by atoms with Crippen LogP contribution in [0.5, 0.6) is 5.75 Å². The van der Waals surface area contributed by atoms with Crippen LogP contribution >= 0.6 is 15.9 Å². The molecule has 0 radical (unpaired) electrons. The highest BCUT2D eigenvalue weighted by molar-refractivity contribution is 9.10. The van der Waals surface area contributed by atoms with Crippen molar-refractivity contribution < 1.29 is 9.90 Å². The quantitative estimate of drug-likeness (QED) is 0.811. The number of nitrogens with one attached hydrogen (secondary N) is 1. The second kappa shape index (κ2) is 3.13. The molecule has 2 rings (SSSR count). The molecule has 0 spiro atoms. The molecule has 1 aromatic heterocycles. The van der Waals surface area contributed by atoms with Gasteiger partial charge in [0.1, 0.15) is 5.75 Å². The van der Waals surface area contributed by atoms with E-state index in [0.717, 1.165) is 10.9 Å². The molecule has 0 fully saturated rings. The zero-order valence-electron chi connectivity index (χ0n) is 8.43. The van der Waals surface area contributed by atoms with Gasteiger partial charge in [0.2, 0.25) is 0 Å². The summed E-state index contributed by atoms with van der Waals surface area (Å²) in [6.45, 7) is 1.48. The molecule has 0 unspecified atom stereocenters. The van der Waals surface area contributed by atoms with E-state index in [-0.39, 0.29) is 5.78 Å². The van der Waals surface area contributed by atoms with Crippen molar-refractivity contribution >= 4 is 32.6 Å². The molecule has 72 valence electrons. The number of phenols is 1. The molecule has 0 aliphatic heterocycles. The molecule has 0 aliphatic carbocycles. The van der Waals surface area contributed by atoms with E-state index in [1.54, 1.807) is 12.1 Å². The van der Waals surface area contributed by atoms with Gasteiger partial charge in [-0.1, -0.05) is 6.07 Å². The van der Waals surface area contributed by atoms with Gasteiger partial charge in [-0.05, 0) is 28.1 Å². The van der Waals surface area contributed by atoms with Gasteiger partial charge in [-0.15, -0.1) is 0 Å². The zero-order valence-corrected chi connectivity index (χ0v) is 9.01. The molecular formula is C10H8BrNO2. The van der Waals surface area contributed by atoms with Gasteiger partial charge >= 0.3 is 0 Å². The topological polar surface area (TPSA) is 53.1 Å². The number of hydrogen-bond donors (Lipinski definition) is 2. The Labute approximate surface area is 90.4 Å². The Morgan fingerprint density at radius 3 is 3.07 bits per heavy atom. The first-order valence-corrected chi connectivity index (χ1v) is 4.88. The van der Waals surface area contributed by atoms with Gasteiger partial charge in [-0.2, -0.15) is 0 Å². The molecular weight excluding hydrogens is 246 g/mol. The number of aromatic hydroxyl groups is 1. The lowest BCUT2D eigenvalue weighted by atomic mass is 10.2. The molecule has 0 saturated heterocycles. The number of aromatic amines is 1. The number of aromatic nitrogens is 1. The van der Waals surface area contributed by atoms with Crippen LogP contribution in [0.3, 0.4) is 0 Å². The number of carbonyl (C=O) groups is 1. The lowest BCUT2D eigenvalue weighted by molar-refractivity contribution is 0.101. The zero-order chi connectivity index (χ0) is 11.0. The lowest BCUT2D eigenvalue weighted by Gasteiger charge is -1.93. The van der Waals surface area contributed by atoms with Crippen molar-refractivity contribution in [3.8, 4) is 5.75 Å². The number of fused-ring (bicyclic) bond motifs is 1. The first-order chi connectivity index (χ1) is 7.15. The molecule has 1 heterocycles. The maximum absolute atomic E-state index is 11.3. The molecule has 14 heavy (non-hydrogen) atoms. The number of Topliss-reactive ketones (excluding diaryl/α,β-unsaturated/α-hetero) is 1. The summed E-state index contributed by atoms with van der Waals surface area (Å²) in [5.41, 5.74) is 1.27. The number of H-pyrrole nitrogens is 1. The largest absolute Gasteiger partial charge is 0.507 e. The molecule has 3 nitrogen and oxygen atoms in total. The summed E-state index contributed by atoms with van der Waals surface area (Å²) in [4.78, 5) is 14.3. The number of benzene rings is 1. The fourth-order valence-electron chi connectivity index (χ4n) is 1.42. The van der Waals surface area contributed by atoms with E-state index in [2.05, 4.69) is 26.0 Å². The average molecular weight is 256 g/mol. The van der Waals surface area contributed by atoms with Crippen molar-refractivity contribution in [1.29, 1.82) is 1.43 Å². The molecule has 2 N–H and O–H groups in total. The summed E-state index contributed by atoms with van der Waals surface area (Å²) >= 11 is 3.33. The maximum Gasteiger partial charge on any atom is 0.293 e. The smallest absolute Gasteiger partial charge is 0.293 e. The third-order valence-electron chi connectivity index (χ3n) is 2.08. The van der Waals surface area contributed by atoms with Crippen LogP contribution in [0.1, 0.15) is 17.4 Å². The van der Waals surface area contributed by atoms with Crippen LogP contribution in [0.2, 0.25) is 0 Å². The number of carbonyl (C=O) groups excluding carboxylic acids is 1. The molecule has 1 aromatic carbocycles. The molecule has 2 aromatic rings. The maximum atomic E-state index is 11.3. The lowest BCUT2D eigenvalue weighted by Crippen LogP contribution is -1.91. The van der Waals surface area contributed by atoms with Gasteiger partial charge in [0.05, 0.1) is 21.1 Å². The van der Waals surface area contributed by atoms with Crippen molar-refractivity contribution in [2.75, 3.05) is 0 Å². The van der Waals surface area contributed by atoms with Gasteiger partial charge in [-0.25, -0.2) is 0 Å². The van der Waals surface area contributed by atoms with Gasteiger partial charge in [0.15, 0.2) is 5.78 Å². The Morgan fingerprint density at radius 1 is 1.64 bits per heavy atom. The molecule has 4 heteroatoms. The van der Waals surface area contributed by atoms with Gasteiger partial charge in [0, 0.05) is 6.92 Å². The Balaban J connectivity index is 2.82. The SMILES string of the molecule is [3H]Oc1cccc2[nH]c(C(C)=O)c(Br)c12. The minimum Gasteiger partial charge on any atom is -0.507 e. The van der Waals surface area contributed by atoms with Crippen LogP contribution in [-0.4, -0.2) is 17.3 Å². The number of ketones is 1. The Hall–Kier alpha value is -1.29. The third-order valence-corrected chi connectivity index (χ3v) is 2.87. The Morgan fingerprint density at radius 2 is 2.43 bits per heavy atom. The summed E-state index contributed by atoms with van der Waals surface area (Å²) in [6.07, 6.45) is 0. The predicted octanol–water partition coefficient (Wildman–Crippen LogP) is 2.84. The third kappa shape index (κ3) is 1.23. The minimum absolute atomic E-state index is 0.0611. The van der Waals surface area contributed by atoms with Gasteiger partial charge in [-0.3, -0.25) is 4.79 Å². The second-order valence-electron chi connectivity index (χ2n) is 3.05. The number of hydrogen-bond acceptors (Lipinski definition) is 2.